The zero-order valence-corrected chi connectivity index (χ0v) is 12.9. The van der Waals surface area contributed by atoms with Gasteiger partial charge in [0.25, 0.3) is 0 Å². The monoisotopic (exact) mass is 308 g/mol. The summed E-state index contributed by atoms with van der Waals surface area (Å²) >= 11 is 0. The lowest BCUT2D eigenvalue weighted by atomic mass is 10.2. The highest BCUT2D eigenvalue weighted by molar-refractivity contribution is 7.89. The van der Waals surface area contributed by atoms with Gasteiger partial charge in [-0.1, -0.05) is 12.8 Å². The number of nitrogens with one attached hydrogen (secondary N) is 1. The van der Waals surface area contributed by atoms with Crippen molar-refractivity contribution >= 4 is 10.0 Å². The molecule has 0 radical (unpaired) electrons. The predicted molar refractivity (Wildman–Crippen MR) is 79.0 cm³/mol. The molecule has 1 aromatic heterocycles. The van der Waals surface area contributed by atoms with Crippen LogP contribution in [0.2, 0.25) is 0 Å². The van der Waals surface area contributed by atoms with Gasteiger partial charge in [-0.25, -0.2) is 18.1 Å². The molecule has 0 unspecified atom stereocenters. The van der Waals surface area contributed by atoms with Crippen molar-refractivity contribution in [3.8, 4) is 6.07 Å². The molecule has 1 heterocycles. The van der Waals surface area contributed by atoms with Gasteiger partial charge in [-0.15, -0.1) is 0 Å². The average Bonchev–Trinajstić information content (AvgIpc) is 3.01. The maximum Gasteiger partial charge on any atom is 0.242 e. The van der Waals surface area contributed by atoms with E-state index in [4.69, 9.17) is 5.26 Å². The number of hydrogen-bond donors (Lipinski definition) is 1. The van der Waals surface area contributed by atoms with Gasteiger partial charge in [0, 0.05) is 25.3 Å². The molecule has 0 saturated heterocycles. The van der Waals surface area contributed by atoms with E-state index in [0.717, 1.165) is 0 Å². The van der Waals surface area contributed by atoms with E-state index in [-0.39, 0.29) is 10.6 Å². The Bertz CT molecular complexity index is 601. The Balaban J connectivity index is 1.87. The topological polar surface area (TPSA) is 86.1 Å². The van der Waals surface area contributed by atoms with Crippen LogP contribution in [-0.4, -0.2) is 44.5 Å². The molecule has 1 fully saturated rings. The molecule has 1 N–H and O–H groups in total. The van der Waals surface area contributed by atoms with Crippen LogP contribution in [0.1, 0.15) is 31.4 Å². The minimum absolute atomic E-state index is 0.0880. The van der Waals surface area contributed by atoms with E-state index in [9.17, 15) is 8.42 Å². The van der Waals surface area contributed by atoms with Crippen molar-refractivity contribution in [2.45, 2.75) is 36.6 Å². The summed E-state index contributed by atoms with van der Waals surface area (Å²) in [5.41, 5.74) is 0.204. The van der Waals surface area contributed by atoms with E-state index in [1.165, 1.54) is 44.0 Å². The summed E-state index contributed by atoms with van der Waals surface area (Å²) in [7, 11) is -1.52. The van der Waals surface area contributed by atoms with E-state index in [2.05, 4.69) is 14.6 Å². The Labute approximate surface area is 125 Å². The van der Waals surface area contributed by atoms with Crippen molar-refractivity contribution in [2.24, 2.45) is 0 Å². The Morgan fingerprint density at radius 3 is 2.71 bits per heavy atom. The predicted octanol–water partition coefficient (Wildman–Crippen LogP) is 1.11. The third-order valence-electron chi connectivity index (χ3n) is 3.87. The lowest BCUT2D eigenvalue weighted by Crippen LogP contribution is -2.37. The molecule has 0 aliphatic heterocycles. The largest absolute Gasteiger partial charge is 0.302 e. The standard InChI is InChI=1S/C14H20N4O2S/c1-18(13-4-2-3-5-13)9-8-17-21(19,20)14-7-6-12(10-15)16-11-14/h6-7,11,13,17H,2-5,8-9H2,1H3. The molecule has 0 spiro atoms. The van der Waals surface area contributed by atoms with E-state index < -0.39 is 10.0 Å². The van der Waals surface area contributed by atoms with E-state index in [0.29, 0.717) is 19.1 Å². The van der Waals surface area contributed by atoms with Gasteiger partial charge in [-0.05, 0) is 32.0 Å². The zero-order valence-electron chi connectivity index (χ0n) is 12.1. The van der Waals surface area contributed by atoms with Crippen LogP contribution in [0, 0.1) is 11.3 Å². The molecule has 7 heteroatoms. The van der Waals surface area contributed by atoms with Crippen molar-refractivity contribution in [2.75, 3.05) is 20.1 Å². The third kappa shape index (κ3) is 4.24. The number of rotatable bonds is 6. The first-order valence-electron chi connectivity index (χ1n) is 7.09. The van der Waals surface area contributed by atoms with E-state index in [1.54, 1.807) is 0 Å². The van der Waals surface area contributed by atoms with Gasteiger partial charge < -0.3 is 4.90 Å². The van der Waals surface area contributed by atoms with Crippen LogP contribution in [0.4, 0.5) is 0 Å². The first-order chi connectivity index (χ1) is 10.0. The van der Waals surface area contributed by atoms with Gasteiger partial charge in [0.05, 0.1) is 0 Å². The van der Waals surface area contributed by atoms with Crippen LogP contribution in [0.3, 0.4) is 0 Å². The van der Waals surface area contributed by atoms with Gasteiger partial charge in [-0.2, -0.15) is 5.26 Å². The summed E-state index contributed by atoms with van der Waals surface area (Å²) in [5, 5.41) is 8.65. The maximum absolute atomic E-state index is 12.1. The van der Waals surface area contributed by atoms with Crippen LogP contribution < -0.4 is 4.72 Å². The fourth-order valence-electron chi connectivity index (χ4n) is 2.57. The van der Waals surface area contributed by atoms with Gasteiger partial charge in [-0.3, -0.25) is 0 Å². The molecule has 114 valence electrons. The van der Waals surface area contributed by atoms with Gasteiger partial charge in [0.1, 0.15) is 16.7 Å². The van der Waals surface area contributed by atoms with Crippen molar-refractivity contribution in [1.29, 1.82) is 5.26 Å². The van der Waals surface area contributed by atoms with E-state index in [1.807, 2.05) is 13.1 Å². The second-order valence-electron chi connectivity index (χ2n) is 5.31. The van der Waals surface area contributed by atoms with Crippen molar-refractivity contribution in [3.05, 3.63) is 24.0 Å². The fraction of sp³-hybridized carbons (Fsp3) is 0.571. The molecule has 6 nitrogen and oxygen atoms in total. The molecule has 0 bridgehead atoms. The van der Waals surface area contributed by atoms with Gasteiger partial charge >= 0.3 is 0 Å². The summed E-state index contributed by atoms with van der Waals surface area (Å²) in [6, 6.07) is 5.24. The number of nitrogens with zero attached hydrogens (tertiary/aromatic N) is 3. The smallest absolute Gasteiger partial charge is 0.242 e. The summed E-state index contributed by atoms with van der Waals surface area (Å²) in [4.78, 5) is 6.08. The molecular formula is C14H20N4O2S. The second kappa shape index (κ2) is 6.98. The van der Waals surface area contributed by atoms with Crippen LogP contribution in [0.5, 0.6) is 0 Å². The normalized spacial score (nSPS) is 16.2. The highest BCUT2D eigenvalue weighted by Crippen LogP contribution is 2.21. The Hall–Kier alpha value is -1.49. The third-order valence-corrected chi connectivity index (χ3v) is 5.31. The molecule has 0 aromatic carbocycles. The quantitative estimate of drug-likeness (QED) is 0.850. The number of pyridine rings is 1. The van der Waals surface area contributed by atoms with E-state index >= 15 is 0 Å². The molecule has 0 amide bonds. The number of aromatic nitrogens is 1. The fourth-order valence-corrected chi connectivity index (χ4v) is 3.54. The number of hydrogen-bond acceptors (Lipinski definition) is 5. The summed E-state index contributed by atoms with van der Waals surface area (Å²) in [5.74, 6) is 0. The van der Waals surface area contributed by atoms with Crippen LogP contribution in [0.15, 0.2) is 23.2 Å². The van der Waals surface area contributed by atoms with Gasteiger partial charge in [0.2, 0.25) is 10.0 Å². The number of likely N-dealkylation sites (N-methyl/N-ethyl adjacent to an activating group) is 1. The molecule has 1 aromatic rings. The summed E-state index contributed by atoms with van der Waals surface area (Å²) in [6.07, 6.45) is 6.13. The molecule has 21 heavy (non-hydrogen) atoms. The molecule has 1 aliphatic rings. The average molecular weight is 308 g/mol. The first-order valence-corrected chi connectivity index (χ1v) is 8.57. The first kappa shape index (κ1) is 15.9. The number of nitriles is 1. The Kier molecular flexibility index (Phi) is 5.28. The lowest BCUT2D eigenvalue weighted by Gasteiger charge is -2.23. The molecule has 1 aliphatic carbocycles. The second-order valence-corrected chi connectivity index (χ2v) is 7.07. The van der Waals surface area contributed by atoms with Gasteiger partial charge in [0.15, 0.2) is 0 Å². The lowest BCUT2D eigenvalue weighted by molar-refractivity contribution is 0.250. The summed E-state index contributed by atoms with van der Waals surface area (Å²) in [6.45, 7) is 1.06. The van der Waals surface area contributed by atoms with Crippen molar-refractivity contribution < 1.29 is 8.42 Å². The van der Waals surface area contributed by atoms with Crippen molar-refractivity contribution in [3.63, 3.8) is 0 Å². The number of sulfonamides is 1. The van der Waals surface area contributed by atoms with Crippen LogP contribution >= 0.6 is 0 Å². The van der Waals surface area contributed by atoms with Crippen molar-refractivity contribution in [1.82, 2.24) is 14.6 Å². The Morgan fingerprint density at radius 1 is 1.43 bits per heavy atom. The zero-order chi connectivity index (χ0) is 15.3. The Morgan fingerprint density at radius 2 is 2.14 bits per heavy atom. The highest BCUT2D eigenvalue weighted by atomic mass is 32.2. The van der Waals surface area contributed by atoms with Crippen LogP contribution in [-0.2, 0) is 10.0 Å². The SMILES string of the molecule is CN(CCNS(=O)(=O)c1ccc(C#N)nc1)C1CCCC1. The molecule has 2 rings (SSSR count). The maximum atomic E-state index is 12.1. The minimum Gasteiger partial charge on any atom is -0.302 e. The highest BCUT2D eigenvalue weighted by Gasteiger charge is 2.20. The summed E-state index contributed by atoms with van der Waals surface area (Å²) < 4.78 is 26.7. The minimum atomic E-state index is -3.55. The molecule has 1 saturated carbocycles. The van der Waals surface area contributed by atoms with Crippen LogP contribution in [0.25, 0.3) is 0 Å². The molecule has 0 atom stereocenters. The molecular weight excluding hydrogens is 288 g/mol.